The van der Waals surface area contributed by atoms with Gasteiger partial charge in [0.2, 0.25) is 0 Å². The van der Waals surface area contributed by atoms with E-state index in [-0.39, 0.29) is 0 Å². The molecule has 4 aliphatic rings. The Morgan fingerprint density at radius 3 is 2.08 bits per heavy atom. The maximum atomic E-state index is 2.43. The molecule has 2 atom stereocenters. The van der Waals surface area contributed by atoms with Crippen molar-refractivity contribution >= 4 is 0 Å². The minimum atomic E-state index is 0.602. The van der Waals surface area contributed by atoms with Crippen molar-refractivity contribution in [1.29, 1.82) is 0 Å². The summed E-state index contributed by atoms with van der Waals surface area (Å²) in [6, 6.07) is 0. The highest BCUT2D eigenvalue weighted by molar-refractivity contribution is 5.40. The number of hydrogen-bond acceptors (Lipinski definition) is 0. The Balaban J connectivity index is 2.16. The van der Waals surface area contributed by atoms with Crippen molar-refractivity contribution in [1.82, 2.24) is 0 Å². The minimum Gasteiger partial charge on any atom is -0.0833 e. The van der Waals surface area contributed by atoms with Gasteiger partial charge in [-0.15, -0.1) is 0 Å². The molecule has 0 unspecified atom stereocenters. The molecular weight excluding hydrogens is 144 g/mol. The summed E-state index contributed by atoms with van der Waals surface area (Å²) in [6.07, 6.45) is 9.65. The molecule has 0 N–H and O–H groups in total. The van der Waals surface area contributed by atoms with E-state index in [0.717, 1.165) is 17.8 Å². The molecule has 0 aromatic carbocycles. The van der Waals surface area contributed by atoms with Crippen LogP contribution in [0, 0.1) is 23.7 Å². The predicted octanol–water partition coefficient (Wildman–Crippen LogP) is 2.94. The van der Waals surface area contributed by atoms with Gasteiger partial charge in [-0.2, -0.15) is 0 Å². The second-order valence-corrected chi connectivity index (χ2v) is 4.41. The smallest absolute Gasteiger partial charge is 0.0132 e. The number of rotatable bonds is 0. The summed E-state index contributed by atoms with van der Waals surface area (Å²) in [5.74, 6) is 3.19. The topological polar surface area (TPSA) is 0 Å². The molecule has 4 bridgehead atoms. The van der Waals surface area contributed by atoms with Gasteiger partial charge < -0.3 is 0 Å². The van der Waals surface area contributed by atoms with Gasteiger partial charge in [0.25, 0.3) is 0 Å². The molecule has 1 fully saturated rings. The lowest BCUT2D eigenvalue weighted by Gasteiger charge is -1.99. The summed E-state index contributed by atoms with van der Waals surface area (Å²) in [7, 11) is 0. The van der Waals surface area contributed by atoms with E-state index in [1.165, 1.54) is 0 Å². The third kappa shape index (κ3) is 0.682. The van der Waals surface area contributed by atoms with Crippen molar-refractivity contribution < 1.29 is 0 Å². The van der Waals surface area contributed by atoms with Crippen molar-refractivity contribution in [2.75, 3.05) is 0 Å². The zero-order chi connectivity index (χ0) is 8.29. The quantitative estimate of drug-likeness (QED) is 0.475. The van der Waals surface area contributed by atoms with Crippen LogP contribution in [0.5, 0.6) is 0 Å². The van der Waals surface area contributed by atoms with Crippen molar-refractivity contribution in [3.05, 3.63) is 35.5 Å². The highest BCUT2D eigenvalue weighted by atomic mass is 14.5. The van der Waals surface area contributed by atoms with Crippen molar-refractivity contribution in [3.8, 4) is 0 Å². The van der Waals surface area contributed by atoms with E-state index < -0.39 is 0 Å². The first-order chi connectivity index (χ1) is 5.77. The molecule has 0 amide bonds. The molecular formula is C12H14. The van der Waals surface area contributed by atoms with Gasteiger partial charge in [0.05, 0.1) is 0 Å². The maximum absolute atomic E-state index is 2.43. The summed E-state index contributed by atoms with van der Waals surface area (Å²) >= 11 is 0. The van der Waals surface area contributed by atoms with Gasteiger partial charge in [-0.25, -0.2) is 0 Å². The zero-order valence-corrected chi connectivity index (χ0v) is 7.62. The van der Waals surface area contributed by atoms with Gasteiger partial charge >= 0.3 is 0 Å². The molecule has 4 rings (SSSR count). The molecule has 0 aromatic rings. The molecule has 0 radical (unpaired) electrons. The SMILES string of the molecule is CC1=CC2C=CC3[C@@H]1[C@@H]3C(C)=C2. The fourth-order valence-electron chi connectivity index (χ4n) is 2.99. The Bertz CT molecular complexity index is 291. The second-order valence-electron chi connectivity index (χ2n) is 4.41. The minimum absolute atomic E-state index is 0.602. The van der Waals surface area contributed by atoms with Gasteiger partial charge in [0, 0.05) is 5.92 Å². The van der Waals surface area contributed by atoms with Crippen LogP contribution in [0.4, 0.5) is 0 Å². The lowest BCUT2D eigenvalue weighted by molar-refractivity contribution is 0.885. The molecule has 0 spiro atoms. The third-order valence-electron chi connectivity index (χ3n) is 3.59. The van der Waals surface area contributed by atoms with Gasteiger partial charge in [-0.3, -0.25) is 0 Å². The molecule has 62 valence electrons. The third-order valence-corrected chi connectivity index (χ3v) is 3.59. The number of hydrogen-bond donors (Lipinski definition) is 0. The van der Waals surface area contributed by atoms with Crippen molar-refractivity contribution in [3.63, 3.8) is 0 Å². The summed E-state index contributed by atoms with van der Waals surface area (Å²) in [4.78, 5) is 0. The first kappa shape index (κ1) is 6.71. The normalized spacial score (nSPS) is 47.8. The van der Waals surface area contributed by atoms with E-state index in [9.17, 15) is 0 Å². The predicted molar refractivity (Wildman–Crippen MR) is 50.6 cm³/mol. The van der Waals surface area contributed by atoms with Crippen LogP contribution in [0.2, 0.25) is 0 Å². The van der Waals surface area contributed by atoms with Crippen LogP contribution in [-0.4, -0.2) is 0 Å². The van der Waals surface area contributed by atoms with Crippen LogP contribution in [-0.2, 0) is 0 Å². The molecule has 0 saturated heterocycles. The monoisotopic (exact) mass is 158 g/mol. The number of allylic oxidation sites excluding steroid dienone is 6. The lowest BCUT2D eigenvalue weighted by atomic mass is 10.1. The van der Waals surface area contributed by atoms with Gasteiger partial charge in [0.1, 0.15) is 0 Å². The van der Waals surface area contributed by atoms with Crippen molar-refractivity contribution in [2.24, 2.45) is 23.7 Å². The highest BCUT2D eigenvalue weighted by Crippen LogP contribution is 2.58. The fourth-order valence-corrected chi connectivity index (χ4v) is 2.99. The Morgan fingerprint density at radius 2 is 1.50 bits per heavy atom. The zero-order valence-electron chi connectivity index (χ0n) is 7.62. The molecule has 0 aliphatic heterocycles. The standard InChI is InChI=1S/C12H14/c1-7-5-9-3-4-10-11(7)12(10)8(2)6-9/h3-6,9-12H,1-2H3/t9?,10?,11-,12-/m1/s1. The second kappa shape index (κ2) is 1.93. The average Bonchev–Trinajstić information content (AvgIpc) is 2.71. The molecule has 0 heteroatoms. The molecule has 0 nitrogen and oxygen atoms in total. The largest absolute Gasteiger partial charge is 0.0833 e. The van der Waals surface area contributed by atoms with Gasteiger partial charge in [-0.05, 0) is 31.6 Å². The van der Waals surface area contributed by atoms with E-state index in [1.807, 2.05) is 0 Å². The lowest BCUT2D eigenvalue weighted by Crippen LogP contribution is -1.85. The Labute approximate surface area is 73.7 Å². The molecule has 12 heavy (non-hydrogen) atoms. The average molecular weight is 158 g/mol. The fraction of sp³-hybridized carbons (Fsp3) is 0.500. The maximum Gasteiger partial charge on any atom is 0.0132 e. The molecule has 1 saturated carbocycles. The van der Waals surface area contributed by atoms with E-state index in [0.29, 0.717) is 5.92 Å². The summed E-state index contributed by atoms with van der Waals surface area (Å²) in [5, 5.41) is 0. The van der Waals surface area contributed by atoms with E-state index in [1.54, 1.807) is 11.1 Å². The van der Waals surface area contributed by atoms with Crippen LogP contribution in [0.3, 0.4) is 0 Å². The van der Waals surface area contributed by atoms with Crippen LogP contribution >= 0.6 is 0 Å². The van der Waals surface area contributed by atoms with Crippen LogP contribution in [0.15, 0.2) is 35.5 Å². The Kier molecular flexibility index (Phi) is 1.08. The first-order valence-electron chi connectivity index (χ1n) is 4.82. The summed E-state index contributed by atoms with van der Waals surface area (Å²) in [5.41, 5.74) is 3.24. The summed E-state index contributed by atoms with van der Waals surface area (Å²) in [6.45, 7) is 4.59. The molecule has 4 aliphatic carbocycles. The van der Waals surface area contributed by atoms with Crippen LogP contribution in [0.25, 0.3) is 0 Å². The Hall–Kier alpha value is -0.780. The van der Waals surface area contributed by atoms with Gasteiger partial charge in [0.15, 0.2) is 0 Å². The van der Waals surface area contributed by atoms with Crippen molar-refractivity contribution in [2.45, 2.75) is 13.8 Å². The molecule has 0 aromatic heterocycles. The summed E-state index contributed by atoms with van der Waals surface area (Å²) < 4.78 is 0. The van der Waals surface area contributed by atoms with E-state index in [2.05, 4.69) is 38.2 Å². The van der Waals surface area contributed by atoms with E-state index in [4.69, 9.17) is 0 Å². The molecule has 0 heterocycles. The highest BCUT2D eigenvalue weighted by Gasteiger charge is 2.51. The Morgan fingerprint density at radius 1 is 0.917 bits per heavy atom. The van der Waals surface area contributed by atoms with E-state index >= 15 is 0 Å². The van der Waals surface area contributed by atoms with Gasteiger partial charge in [-0.1, -0.05) is 35.5 Å². The first-order valence-corrected chi connectivity index (χ1v) is 4.82. The van der Waals surface area contributed by atoms with Crippen LogP contribution < -0.4 is 0 Å². The van der Waals surface area contributed by atoms with Crippen LogP contribution in [0.1, 0.15) is 13.8 Å².